The number of benzene rings is 1. The number of likely N-dealkylation sites (N-methyl/N-ethyl adjacent to an activating group) is 1. The Hall–Kier alpha value is -1.88. The van der Waals surface area contributed by atoms with Gasteiger partial charge < -0.3 is 10.4 Å². The summed E-state index contributed by atoms with van der Waals surface area (Å²) in [5.74, 6) is 1.08. The summed E-state index contributed by atoms with van der Waals surface area (Å²) in [4.78, 5) is 4.11. The Morgan fingerprint density at radius 1 is 1.50 bits per heavy atom. The minimum absolute atomic E-state index is 0.0734. The van der Waals surface area contributed by atoms with E-state index in [-0.39, 0.29) is 11.8 Å². The van der Waals surface area contributed by atoms with Crippen LogP contribution < -0.4 is 5.32 Å². The maximum absolute atomic E-state index is 9.37. The maximum atomic E-state index is 9.37. The molecule has 0 spiro atoms. The minimum atomic E-state index is 0.0734. The van der Waals surface area contributed by atoms with Crippen LogP contribution in [0.5, 0.6) is 5.75 Å². The van der Waals surface area contributed by atoms with Crippen molar-refractivity contribution in [3.8, 4) is 5.75 Å². The predicted molar refractivity (Wildman–Crippen MR) is 60.0 cm³/mol. The number of aromatic nitrogens is 3. The zero-order chi connectivity index (χ0) is 11.4. The van der Waals surface area contributed by atoms with Gasteiger partial charge in [-0.3, -0.25) is 5.10 Å². The van der Waals surface area contributed by atoms with Gasteiger partial charge in [0.1, 0.15) is 17.9 Å². The first-order chi connectivity index (χ1) is 7.79. The molecule has 1 unspecified atom stereocenters. The third-order valence-electron chi connectivity index (χ3n) is 2.46. The van der Waals surface area contributed by atoms with E-state index in [1.165, 1.54) is 6.33 Å². The Morgan fingerprint density at radius 3 is 3.00 bits per heavy atom. The summed E-state index contributed by atoms with van der Waals surface area (Å²) in [7, 11) is 1.87. The summed E-state index contributed by atoms with van der Waals surface area (Å²) >= 11 is 0. The lowest BCUT2D eigenvalue weighted by molar-refractivity contribution is 0.473. The molecule has 3 N–H and O–H groups in total. The molecule has 0 saturated carbocycles. The Labute approximate surface area is 93.5 Å². The molecule has 16 heavy (non-hydrogen) atoms. The summed E-state index contributed by atoms with van der Waals surface area (Å²) in [6.45, 7) is 0. The maximum Gasteiger partial charge on any atom is 0.141 e. The monoisotopic (exact) mass is 218 g/mol. The van der Waals surface area contributed by atoms with Crippen LogP contribution in [0.25, 0.3) is 0 Å². The molecule has 2 rings (SSSR count). The summed E-state index contributed by atoms with van der Waals surface area (Å²) in [5.41, 5.74) is 1.05. The molecule has 0 aliphatic heterocycles. The first-order valence-corrected chi connectivity index (χ1v) is 5.10. The van der Waals surface area contributed by atoms with Crippen LogP contribution >= 0.6 is 0 Å². The number of aromatic amines is 1. The van der Waals surface area contributed by atoms with Gasteiger partial charge >= 0.3 is 0 Å². The van der Waals surface area contributed by atoms with Crippen molar-refractivity contribution in [1.29, 1.82) is 0 Å². The second-order valence-corrected chi connectivity index (χ2v) is 3.59. The Morgan fingerprint density at radius 2 is 2.38 bits per heavy atom. The largest absolute Gasteiger partial charge is 0.508 e. The standard InChI is InChI=1S/C11H14N4O/c1-12-10(11-13-7-14-15-11)6-8-3-2-4-9(16)5-8/h2-5,7,10,12,16H,6H2,1H3,(H,13,14,15). The van der Waals surface area contributed by atoms with Crippen molar-refractivity contribution < 1.29 is 5.11 Å². The van der Waals surface area contributed by atoms with Gasteiger partial charge in [0, 0.05) is 0 Å². The molecule has 84 valence electrons. The van der Waals surface area contributed by atoms with Crippen LogP contribution in [0.4, 0.5) is 0 Å². The number of phenols is 1. The van der Waals surface area contributed by atoms with Crippen molar-refractivity contribution in [3.05, 3.63) is 42.0 Å². The van der Waals surface area contributed by atoms with E-state index < -0.39 is 0 Å². The van der Waals surface area contributed by atoms with E-state index in [1.54, 1.807) is 12.1 Å². The highest BCUT2D eigenvalue weighted by Crippen LogP contribution is 2.17. The average molecular weight is 218 g/mol. The molecule has 0 aliphatic carbocycles. The molecular weight excluding hydrogens is 204 g/mol. The molecule has 0 aliphatic rings. The Balaban J connectivity index is 2.13. The van der Waals surface area contributed by atoms with Crippen molar-refractivity contribution in [2.24, 2.45) is 0 Å². The molecule has 1 atom stereocenters. The minimum Gasteiger partial charge on any atom is -0.508 e. The smallest absolute Gasteiger partial charge is 0.141 e. The third kappa shape index (κ3) is 2.38. The molecule has 2 aromatic rings. The Kier molecular flexibility index (Phi) is 3.16. The molecule has 1 aromatic heterocycles. The number of nitrogens with zero attached hydrogens (tertiary/aromatic N) is 2. The number of H-pyrrole nitrogens is 1. The number of hydrogen-bond acceptors (Lipinski definition) is 4. The molecular formula is C11H14N4O. The van der Waals surface area contributed by atoms with Crippen molar-refractivity contribution in [2.75, 3.05) is 7.05 Å². The van der Waals surface area contributed by atoms with Crippen LogP contribution in [0.3, 0.4) is 0 Å². The molecule has 0 fully saturated rings. The topological polar surface area (TPSA) is 73.8 Å². The van der Waals surface area contributed by atoms with Crippen molar-refractivity contribution >= 4 is 0 Å². The molecule has 1 heterocycles. The van der Waals surface area contributed by atoms with Gasteiger partial charge in [0.2, 0.25) is 0 Å². The normalized spacial score (nSPS) is 12.6. The quantitative estimate of drug-likeness (QED) is 0.716. The first kappa shape index (κ1) is 10.6. The van der Waals surface area contributed by atoms with Crippen molar-refractivity contribution in [2.45, 2.75) is 12.5 Å². The molecule has 1 aromatic carbocycles. The van der Waals surface area contributed by atoms with Crippen LogP contribution in [0.2, 0.25) is 0 Å². The fourth-order valence-corrected chi connectivity index (χ4v) is 1.64. The lowest BCUT2D eigenvalue weighted by atomic mass is 10.1. The molecule has 0 saturated heterocycles. The average Bonchev–Trinajstić information content (AvgIpc) is 2.79. The molecule has 0 amide bonds. The van der Waals surface area contributed by atoms with Gasteiger partial charge in [-0.1, -0.05) is 12.1 Å². The number of nitrogens with one attached hydrogen (secondary N) is 2. The molecule has 0 bridgehead atoms. The van der Waals surface area contributed by atoms with Gasteiger partial charge in [0.15, 0.2) is 0 Å². The van der Waals surface area contributed by atoms with Crippen LogP contribution in [0.15, 0.2) is 30.6 Å². The second kappa shape index (κ2) is 4.76. The zero-order valence-electron chi connectivity index (χ0n) is 9.01. The summed E-state index contributed by atoms with van der Waals surface area (Å²) in [6.07, 6.45) is 2.24. The van der Waals surface area contributed by atoms with E-state index in [9.17, 15) is 5.11 Å². The second-order valence-electron chi connectivity index (χ2n) is 3.59. The van der Waals surface area contributed by atoms with Crippen LogP contribution in [0, 0.1) is 0 Å². The summed E-state index contributed by atoms with van der Waals surface area (Å²) < 4.78 is 0. The SMILES string of the molecule is CNC(Cc1cccc(O)c1)c1ncn[nH]1. The Bertz CT molecular complexity index is 441. The first-order valence-electron chi connectivity index (χ1n) is 5.10. The lowest BCUT2D eigenvalue weighted by Crippen LogP contribution is -2.20. The van der Waals surface area contributed by atoms with E-state index in [0.29, 0.717) is 0 Å². The summed E-state index contributed by atoms with van der Waals surface area (Å²) in [5, 5.41) is 19.2. The van der Waals surface area contributed by atoms with Crippen molar-refractivity contribution in [3.63, 3.8) is 0 Å². The number of aromatic hydroxyl groups is 1. The van der Waals surface area contributed by atoms with E-state index in [4.69, 9.17) is 0 Å². The molecule has 5 nitrogen and oxygen atoms in total. The fraction of sp³-hybridized carbons (Fsp3) is 0.273. The highest BCUT2D eigenvalue weighted by molar-refractivity contribution is 5.28. The van der Waals surface area contributed by atoms with Gasteiger partial charge in [-0.05, 0) is 31.2 Å². The van der Waals surface area contributed by atoms with Gasteiger partial charge in [-0.15, -0.1) is 0 Å². The van der Waals surface area contributed by atoms with E-state index in [0.717, 1.165) is 17.8 Å². The highest BCUT2D eigenvalue weighted by Gasteiger charge is 2.12. The van der Waals surface area contributed by atoms with E-state index >= 15 is 0 Å². The van der Waals surface area contributed by atoms with Gasteiger partial charge in [0.25, 0.3) is 0 Å². The number of rotatable bonds is 4. The van der Waals surface area contributed by atoms with Crippen LogP contribution in [0.1, 0.15) is 17.4 Å². The predicted octanol–water partition coefficient (Wildman–Crippen LogP) is 1.01. The number of hydrogen-bond donors (Lipinski definition) is 3. The zero-order valence-corrected chi connectivity index (χ0v) is 9.01. The molecule has 0 radical (unpaired) electrons. The third-order valence-corrected chi connectivity index (χ3v) is 2.46. The van der Waals surface area contributed by atoms with E-state index in [1.807, 2.05) is 19.2 Å². The fourth-order valence-electron chi connectivity index (χ4n) is 1.64. The van der Waals surface area contributed by atoms with Gasteiger partial charge in [-0.2, -0.15) is 5.10 Å². The van der Waals surface area contributed by atoms with Crippen LogP contribution in [-0.4, -0.2) is 27.3 Å². The van der Waals surface area contributed by atoms with Gasteiger partial charge in [-0.25, -0.2) is 4.98 Å². The highest BCUT2D eigenvalue weighted by atomic mass is 16.3. The van der Waals surface area contributed by atoms with Crippen molar-refractivity contribution in [1.82, 2.24) is 20.5 Å². The van der Waals surface area contributed by atoms with Crippen LogP contribution in [-0.2, 0) is 6.42 Å². The van der Waals surface area contributed by atoms with Gasteiger partial charge in [0.05, 0.1) is 6.04 Å². The van der Waals surface area contributed by atoms with E-state index in [2.05, 4.69) is 20.5 Å². The summed E-state index contributed by atoms with van der Waals surface area (Å²) in [6, 6.07) is 7.29. The molecule has 5 heteroatoms. The lowest BCUT2D eigenvalue weighted by Gasteiger charge is -2.13. The number of phenolic OH excluding ortho intramolecular Hbond substituents is 1.